The van der Waals surface area contributed by atoms with E-state index in [0.29, 0.717) is 63.4 Å². The first kappa shape index (κ1) is 68.0. The first-order valence-electron chi connectivity index (χ1n) is 31.8. The highest BCUT2D eigenvalue weighted by molar-refractivity contribution is 5.94. The summed E-state index contributed by atoms with van der Waals surface area (Å²) in [6.45, 7) is 15.4. The van der Waals surface area contributed by atoms with Gasteiger partial charge >= 0.3 is 53.7 Å². The third kappa shape index (κ3) is 11.7. The van der Waals surface area contributed by atoms with Crippen LogP contribution in [0.4, 0.5) is 0 Å². The second-order valence-electron chi connectivity index (χ2n) is 28.4. The van der Waals surface area contributed by atoms with Crippen molar-refractivity contribution in [2.24, 2.45) is 79.8 Å². The second kappa shape index (κ2) is 25.4. The highest BCUT2D eigenvalue weighted by Gasteiger charge is 2.71. The fraction of sp³-hybridized carbons (Fsp3) is 0.638. The van der Waals surface area contributed by atoms with Crippen molar-refractivity contribution in [3.8, 4) is 0 Å². The minimum atomic E-state index is -1.23. The summed E-state index contributed by atoms with van der Waals surface area (Å²) < 4.78 is 64.5. The van der Waals surface area contributed by atoms with Crippen LogP contribution in [0.25, 0.3) is 0 Å². The van der Waals surface area contributed by atoms with Crippen molar-refractivity contribution in [1.82, 2.24) is 0 Å². The maximum absolute atomic E-state index is 13.7. The van der Waals surface area contributed by atoms with E-state index in [1.807, 2.05) is 41.5 Å². The van der Waals surface area contributed by atoms with Crippen molar-refractivity contribution in [2.75, 3.05) is 21.3 Å². The molecule has 24 heteroatoms. The number of fused-ring (bicyclic) bond motifs is 9. The van der Waals surface area contributed by atoms with Crippen LogP contribution >= 0.6 is 0 Å². The molecule has 1 N–H and O–H groups in total. The van der Waals surface area contributed by atoms with Gasteiger partial charge in [0.15, 0.2) is 23.8 Å². The molecule has 504 valence electrons. The Morgan fingerprint density at radius 3 is 1.32 bits per heavy atom. The van der Waals surface area contributed by atoms with Crippen LogP contribution < -0.4 is 0 Å². The Balaban J connectivity index is 0.000000153. The van der Waals surface area contributed by atoms with Crippen LogP contribution in [0.3, 0.4) is 0 Å². The van der Waals surface area contributed by atoms with Gasteiger partial charge in [0.2, 0.25) is 0 Å². The molecule has 6 aliphatic carbocycles. The molecule has 93 heavy (non-hydrogen) atoms. The molecular weight excluding hydrogens is 1210 g/mol. The van der Waals surface area contributed by atoms with Crippen molar-refractivity contribution in [3.05, 3.63) is 84.1 Å². The van der Waals surface area contributed by atoms with Crippen molar-refractivity contribution in [2.45, 2.75) is 176 Å². The first-order chi connectivity index (χ1) is 43.8. The van der Waals surface area contributed by atoms with Crippen molar-refractivity contribution >= 4 is 65.3 Å². The molecule has 3 aliphatic heterocycles. The number of ether oxygens (including phenoxy) is 9. The van der Waals surface area contributed by atoms with Crippen molar-refractivity contribution in [3.63, 3.8) is 0 Å². The van der Waals surface area contributed by atoms with Crippen LogP contribution in [0.1, 0.15) is 168 Å². The molecule has 5 saturated carbocycles. The Labute approximate surface area is 538 Å². The molecule has 12 rings (SSSR count). The van der Waals surface area contributed by atoms with Gasteiger partial charge in [0.1, 0.15) is 30.5 Å². The molecule has 8 fully saturated rings. The first-order valence-corrected chi connectivity index (χ1v) is 31.8. The summed E-state index contributed by atoms with van der Waals surface area (Å²) in [5, 5.41) is 10.5. The molecule has 0 aromatic carbocycles. The summed E-state index contributed by atoms with van der Waals surface area (Å²) in [7, 11) is 3.93. The van der Waals surface area contributed by atoms with Crippen LogP contribution in [-0.4, -0.2) is 116 Å². The highest BCUT2D eigenvalue weighted by Crippen LogP contribution is 2.69. The number of hydrogen-bond acceptors (Lipinski definition) is 24. The minimum absolute atomic E-state index is 0.0643. The zero-order chi connectivity index (χ0) is 67.7. The lowest BCUT2D eigenvalue weighted by atomic mass is 9.43. The van der Waals surface area contributed by atoms with E-state index < -0.39 is 158 Å². The van der Waals surface area contributed by atoms with E-state index in [1.165, 1.54) is 79.5 Å². The summed E-state index contributed by atoms with van der Waals surface area (Å²) in [5.74, 6) is -9.06. The van der Waals surface area contributed by atoms with E-state index in [-0.39, 0.29) is 42.3 Å². The third-order valence-corrected chi connectivity index (χ3v) is 23.2. The lowest BCUT2D eigenvalue weighted by Gasteiger charge is -2.61. The van der Waals surface area contributed by atoms with Gasteiger partial charge in [0.05, 0.1) is 88.5 Å². The summed E-state index contributed by atoms with van der Waals surface area (Å²) in [5.41, 5.74) is -1.89. The zero-order valence-electron chi connectivity index (χ0n) is 54.5. The fourth-order valence-electron chi connectivity index (χ4n) is 19.2. The third-order valence-electron chi connectivity index (χ3n) is 23.2. The van der Waals surface area contributed by atoms with Gasteiger partial charge < -0.3 is 61.0 Å². The van der Waals surface area contributed by atoms with E-state index in [0.717, 1.165) is 16.7 Å². The number of cyclic esters (lactones) is 3. The molecule has 21 atom stereocenters. The molecule has 0 spiro atoms. The number of carbonyl (C=O) groups is 11. The van der Waals surface area contributed by atoms with Gasteiger partial charge in [-0.3, -0.25) is 47.9 Å². The monoisotopic (exact) mass is 1300 g/mol. The molecule has 6 heterocycles. The number of methoxy groups -OCH3 is 3. The number of furan rings is 3. The normalized spacial score (nSPS) is 39.6. The topological polar surface area (TPSA) is 330 Å². The number of ketones is 2. The molecule has 0 amide bonds. The summed E-state index contributed by atoms with van der Waals surface area (Å²) in [6.07, 6.45) is 9.35. The molecule has 3 saturated heterocycles. The molecule has 9 aliphatic rings. The number of carbonyl (C=O) groups excluding carboxylic acids is 11. The van der Waals surface area contributed by atoms with Crippen molar-refractivity contribution < 1.29 is 114 Å². The van der Waals surface area contributed by atoms with Crippen LogP contribution in [-0.2, 0) is 95.4 Å². The van der Waals surface area contributed by atoms with Crippen LogP contribution in [0.15, 0.2) is 80.7 Å². The van der Waals surface area contributed by atoms with Crippen molar-refractivity contribution in [1.29, 1.82) is 0 Å². The highest BCUT2D eigenvalue weighted by atomic mass is 16.6. The van der Waals surface area contributed by atoms with Gasteiger partial charge in [0, 0.05) is 72.6 Å². The van der Waals surface area contributed by atoms with Gasteiger partial charge in [-0.25, -0.2) is 4.79 Å². The Bertz CT molecular complexity index is 3440. The summed E-state index contributed by atoms with van der Waals surface area (Å²) in [4.78, 5) is 140. The largest absolute Gasteiger partial charge is 0.472 e. The average molecular weight is 1300 g/mol. The van der Waals surface area contributed by atoms with Gasteiger partial charge in [-0.1, -0.05) is 41.5 Å². The number of aliphatic hydroxyl groups excluding tert-OH is 1. The molecule has 0 radical (unpaired) electrons. The smallest absolute Gasteiger partial charge is 0.334 e. The maximum atomic E-state index is 13.7. The SMILES string of the molecule is COC(=O)C1=C[C@H](OC(C)=O)[C@H](OC(C)=O)C2[C@@]1(C)CC[C@@H]1C(=O)O[C@H](c3ccoc3)C[C@]21C.COC(=O)[C@@H]1C[C@H](O)C(=O)C2[C@@]3(C)C[C@@H](c4ccoc4)OC(=O)[C@H]3CC[C@]21C.COC(=O)[C@@H]1C[C@H](OC(C)=O)C(=O)C2[C@@]3(C)C[C@@H](c4ccoc4)OC(=O)[C@H]3CC[C@]21C. The lowest BCUT2D eigenvalue weighted by molar-refractivity contribution is -0.216. The maximum Gasteiger partial charge on any atom is 0.334 e. The predicted molar refractivity (Wildman–Crippen MR) is 317 cm³/mol. The fourth-order valence-corrected chi connectivity index (χ4v) is 19.2. The van der Waals surface area contributed by atoms with Gasteiger partial charge in [-0.15, -0.1) is 0 Å². The molecule has 3 aromatic rings. The Morgan fingerprint density at radius 2 is 0.914 bits per heavy atom. The number of Topliss-reactive ketones (excluding diaryl/α,β-unsaturated/α-hetero) is 2. The standard InChI is InChI=1S/C25H30O9.C23H28O8.C21H26O7/c1-13(26)32-18-10-17(22(28)30-5)24(3)8-6-16-23(29)34-19(15-7-9-31-12-15)11-25(16,4)21(24)20(18)33-14(2)27;1-12(24)30-16-9-15(20(26)28-4)22(2)7-5-14-21(27)31-17(13-6-8-29-11-13)10-23(14,3)19(22)18(16)25;1-20-6-4-12-19(25)28-15(11-5-7-27-10-11)9-21(12,2)17(20)16(23)14(22)8-13(20)18(24)26-3/h7,9-10,12,16,18-21H,6,8,11H2,1-5H3;6,8,11,14-17,19H,5,7,9-10H2,1-4H3;5,7,10,12-15,17,22H,4,6,8-9H2,1-3H3/t16-,18+,19+,20+,21?,24+,25+;14-,15+,16+,17+,19?,22+,23+;12-,13+,14+,15+,17?,20+,21+/m111/s1. The van der Waals surface area contributed by atoms with Gasteiger partial charge in [-0.05, 0) is 116 Å². The molecule has 3 aromatic heterocycles. The number of aliphatic hydroxyl groups is 1. The molecule has 3 unspecified atom stereocenters. The van der Waals surface area contributed by atoms with Crippen LogP contribution in [0.5, 0.6) is 0 Å². The second-order valence-corrected chi connectivity index (χ2v) is 28.4. The Hall–Kier alpha value is -7.89. The Kier molecular flexibility index (Phi) is 18.6. The summed E-state index contributed by atoms with van der Waals surface area (Å²) in [6, 6.07) is 5.24. The quantitative estimate of drug-likeness (QED) is 0.154. The number of esters is 9. The van der Waals surface area contributed by atoms with E-state index in [9.17, 15) is 57.8 Å². The zero-order valence-corrected chi connectivity index (χ0v) is 54.5. The molecule has 0 bridgehead atoms. The average Bonchev–Trinajstić information content (AvgIpc) is 0.914. The van der Waals surface area contributed by atoms with E-state index in [2.05, 4.69) is 0 Å². The minimum Gasteiger partial charge on any atom is -0.472 e. The van der Waals surface area contributed by atoms with Crippen LogP contribution in [0.2, 0.25) is 0 Å². The molecule has 24 nitrogen and oxygen atoms in total. The van der Waals surface area contributed by atoms with E-state index in [1.54, 1.807) is 24.5 Å². The Morgan fingerprint density at radius 1 is 0.505 bits per heavy atom. The number of hydrogen-bond donors (Lipinski definition) is 1. The predicted octanol–water partition coefficient (Wildman–Crippen LogP) is 8.71. The number of rotatable bonds is 9. The van der Waals surface area contributed by atoms with E-state index >= 15 is 0 Å². The molecular formula is C69H84O24. The van der Waals surface area contributed by atoms with Gasteiger partial charge in [0.25, 0.3) is 0 Å². The lowest BCUT2D eigenvalue weighted by Crippen LogP contribution is -2.64. The summed E-state index contributed by atoms with van der Waals surface area (Å²) >= 11 is 0. The van der Waals surface area contributed by atoms with E-state index in [4.69, 9.17) is 55.9 Å². The van der Waals surface area contributed by atoms with Gasteiger partial charge in [-0.2, -0.15) is 0 Å². The van der Waals surface area contributed by atoms with Crippen LogP contribution in [0, 0.1) is 79.8 Å².